The Hall–Kier alpha value is -0.540. The summed E-state index contributed by atoms with van der Waals surface area (Å²) in [5.41, 5.74) is 1.29. The topological polar surface area (TPSA) is 16.1 Å². The molecule has 0 aromatic carbocycles. The Kier molecular flexibility index (Phi) is 2.56. The minimum atomic E-state index is 0.617. The maximum absolute atomic E-state index is 5.77. The van der Waals surface area contributed by atoms with E-state index in [1.165, 1.54) is 23.3 Å². The Bertz CT molecular complexity index is 321. The molecule has 13 heavy (non-hydrogen) atoms. The van der Waals surface area contributed by atoms with Crippen LogP contribution in [0.5, 0.6) is 0 Å². The molecule has 0 radical (unpaired) electrons. The van der Waals surface area contributed by atoms with Crippen LogP contribution in [0, 0.1) is 0 Å². The SMILES string of the molecule is C=C1CCCN(c2csc(Cl)n2)C1. The average Bonchev–Trinajstić information content (AvgIpc) is 2.52. The molecule has 1 aliphatic rings. The lowest BCUT2D eigenvalue weighted by atomic mass is 10.1. The molecule has 0 atom stereocenters. The van der Waals surface area contributed by atoms with E-state index in [-0.39, 0.29) is 0 Å². The van der Waals surface area contributed by atoms with Gasteiger partial charge in [-0.3, -0.25) is 0 Å². The summed E-state index contributed by atoms with van der Waals surface area (Å²) >= 11 is 7.26. The predicted molar refractivity (Wildman–Crippen MR) is 57.7 cm³/mol. The van der Waals surface area contributed by atoms with Crippen molar-refractivity contribution in [1.82, 2.24) is 4.98 Å². The van der Waals surface area contributed by atoms with Gasteiger partial charge in [0.05, 0.1) is 0 Å². The van der Waals surface area contributed by atoms with Gasteiger partial charge in [-0.05, 0) is 12.8 Å². The minimum Gasteiger partial charge on any atom is -0.352 e. The van der Waals surface area contributed by atoms with E-state index in [0.717, 1.165) is 25.3 Å². The van der Waals surface area contributed by atoms with E-state index in [2.05, 4.69) is 16.5 Å². The Labute approximate surface area is 86.8 Å². The lowest BCUT2D eigenvalue weighted by Gasteiger charge is -2.27. The molecule has 2 rings (SSSR count). The highest BCUT2D eigenvalue weighted by molar-refractivity contribution is 7.14. The summed E-state index contributed by atoms with van der Waals surface area (Å²) in [4.78, 5) is 6.47. The quantitative estimate of drug-likeness (QED) is 0.669. The third-order valence-corrected chi connectivity index (χ3v) is 3.13. The van der Waals surface area contributed by atoms with Gasteiger partial charge in [0.2, 0.25) is 0 Å². The highest BCUT2D eigenvalue weighted by Gasteiger charge is 2.15. The summed E-state index contributed by atoms with van der Waals surface area (Å²) in [6.45, 7) is 6.00. The second-order valence-electron chi connectivity index (χ2n) is 3.23. The van der Waals surface area contributed by atoms with Gasteiger partial charge in [0.25, 0.3) is 0 Å². The molecule has 0 saturated carbocycles. The van der Waals surface area contributed by atoms with Crippen molar-refractivity contribution >= 4 is 28.8 Å². The monoisotopic (exact) mass is 214 g/mol. The summed E-state index contributed by atoms with van der Waals surface area (Å²) in [5.74, 6) is 0.996. The molecule has 2 nitrogen and oxygen atoms in total. The zero-order chi connectivity index (χ0) is 9.26. The molecule has 1 aromatic heterocycles. The molecular weight excluding hydrogens is 204 g/mol. The van der Waals surface area contributed by atoms with E-state index in [1.807, 2.05) is 5.38 Å². The van der Waals surface area contributed by atoms with Crippen LogP contribution in [0.2, 0.25) is 4.47 Å². The van der Waals surface area contributed by atoms with Crippen LogP contribution in [0.25, 0.3) is 0 Å². The van der Waals surface area contributed by atoms with Gasteiger partial charge in [-0.1, -0.05) is 23.8 Å². The van der Waals surface area contributed by atoms with E-state index in [1.54, 1.807) is 0 Å². The van der Waals surface area contributed by atoms with Crippen molar-refractivity contribution in [2.75, 3.05) is 18.0 Å². The molecule has 0 N–H and O–H groups in total. The molecule has 0 spiro atoms. The lowest BCUT2D eigenvalue weighted by Crippen LogP contribution is -2.30. The standard InChI is InChI=1S/C9H11ClN2S/c1-7-3-2-4-12(5-7)8-6-13-9(10)11-8/h6H,1-5H2. The maximum atomic E-state index is 5.77. The van der Waals surface area contributed by atoms with Crippen LogP contribution in [0.3, 0.4) is 0 Å². The zero-order valence-corrected chi connectivity index (χ0v) is 8.87. The van der Waals surface area contributed by atoms with Gasteiger partial charge in [0.1, 0.15) is 5.82 Å². The summed E-state index contributed by atoms with van der Waals surface area (Å²) in [7, 11) is 0. The van der Waals surface area contributed by atoms with Crippen molar-refractivity contribution < 1.29 is 0 Å². The summed E-state index contributed by atoms with van der Waals surface area (Å²) in [6.07, 6.45) is 2.32. The third kappa shape index (κ3) is 2.03. The molecular formula is C9H11ClN2S. The zero-order valence-electron chi connectivity index (χ0n) is 7.29. The van der Waals surface area contributed by atoms with Gasteiger partial charge in [0.15, 0.2) is 4.47 Å². The number of aromatic nitrogens is 1. The van der Waals surface area contributed by atoms with Gasteiger partial charge in [0, 0.05) is 18.5 Å². The van der Waals surface area contributed by atoms with E-state index in [9.17, 15) is 0 Å². The largest absolute Gasteiger partial charge is 0.352 e. The van der Waals surface area contributed by atoms with Crippen LogP contribution >= 0.6 is 22.9 Å². The van der Waals surface area contributed by atoms with Gasteiger partial charge < -0.3 is 4.90 Å². The van der Waals surface area contributed by atoms with Crippen LogP contribution in [-0.2, 0) is 0 Å². The first kappa shape index (κ1) is 9.03. The number of piperidine rings is 1. The summed E-state index contributed by atoms with van der Waals surface area (Å²) < 4.78 is 0.617. The molecule has 0 amide bonds. The third-order valence-electron chi connectivity index (χ3n) is 2.16. The fourth-order valence-electron chi connectivity index (χ4n) is 1.53. The Morgan fingerprint density at radius 3 is 3.08 bits per heavy atom. The summed E-state index contributed by atoms with van der Waals surface area (Å²) in [6, 6.07) is 0. The second-order valence-corrected chi connectivity index (χ2v) is 4.67. The molecule has 0 aliphatic carbocycles. The highest BCUT2D eigenvalue weighted by Crippen LogP contribution is 2.25. The fourth-order valence-corrected chi connectivity index (χ4v) is 2.30. The first-order chi connectivity index (χ1) is 6.25. The molecule has 1 saturated heterocycles. The van der Waals surface area contributed by atoms with Crippen molar-refractivity contribution in [3.63, 3.8) is 0 Å². The van der Waals surface area contributed by atoms with Gasteiger partial charge in [-0.15, -0.1) is 11.3 Å². The number of hydrogen-bond donors (Lipinski definition) is 0. The Balaban J connectivity index is 2.12. The van der Waals surface area contributed by atoms with E-state index in [4.69, 9.17) is 11.6 Å². The predicted octanol–water partition coefficient (Wildman–Crippen LogP) is 2.95. The normalized spacial score (nSPS) is 17.9. The van der Waals surface area contributed by atoms with Gasteiger partial charge in [-0.2, -0.15) is 0 Å². The fraction of sp³-hybridized carbons (Fsp3) is 0.444. The molecule has 1 fully saturated rings. The molecule has 1 aromatic rings. The van der Waals surface area contributed by atoms with Crippen LogP contribution < -0.4 is 4.90 Å². The number of thiazole rings is 1. The highest BCUT2D eigenvalue weighted by atomic mass is 35.5. The molecule has 0 unspecified atom stereocenters. The van der Waals surface area contributed by atoms with Crippen molar-refractivity contribution in [2.45, 2.75) is 12.8 Å². The number of rotatable bonds is 1. The van der Waals surface area contributed by atoms with Crippen LogP contribution in [0.4, 0.5) is 5.82 Å². The van der Waals surface area contributed by atoms with E-state index in [0.29, 0.717) is 4.47 Å². The van der Waals surface area contributed by atoms with Crippen LogP contribution in [-0.4, -0.2) is 18.1 Å². The van der Waals surface area contributed by atoms with Crippen molar-refractivity contribution in [3.8, 4) is 0 Å². The van der Waals surface area contributed by atoms with E-state index < -0.39 is 0 Å². The van der Waals surface area contributed by atoms with Crippen molar-refractivity contribution in [2.24, 2.45) is 0 Å². The van der Waals surface area contributed by atoms with Gasteiger partial charge in [-0.25, -0.2) is 4.98 Å². The average molecular weight is 215 g/mol. The molecule has 0 bridgehead atoms. The molecule has 2 heterocycles. The second kappa shape index (κ2) is 3.68. The smallest absolute Gasteiger partial charge is 0.185 e. The number of hydrogen-bond acceptors (Lipinski definition) is 3. The molecule has 70 valence electrons. The van der Waals surface area contributed by atoms with Crippen LogP contribution in [0.15, 0.2) is 17.5 Å². The van der Waals surface area contributed by atoms with Gasteiger partial charge >= 0.3 is 0 Å². The minimum absolute atomic E-state index is 0.617. The first-order valence-electron chi connectivity index (χ1n) is 4.28. The van der Waals surface area contributed by atoms with E-state index >= 15 is 0 Å². The number of anilines is 1. The number of nitrogens with zero attached hydrogens (tertiary/aromatic N) is 2. The van der Waals surface area contributed by atoms with Crippen LogP contribution in [0.1, 0.15) is 12.8 Å². The Morgan fingerprint density at radius 1 is 1.62 bits per heavy atom. The molecule has 4 heteroatoms. The lowest BCUT2D eigenvalue weighted by molar-refractivity contribution is 0.674. The molecule has 1 aliphatic heterocycles. The number of halogens is 1. The first-order valence-corrected chi connectivity index (χ1v) is 5.54. The van der Waals surface area contributed by atoms with Crippen molar-refractivity contribution in [3.05, 3.63) is 22.0 Å². The van der Waals surface area contributed by atoms with Crippen molar-refractivity contribution in [1.29, 1.82) is 0 Å². The Morgan fingerprint density at radius 2 is 2.46 bits per heavy atom. The summed E-state index contributed by atoms with van der Waals surface area (Å²) in [5, 5.41) is 2.00. The maximum Gasteiger partial charge on any atom is 0.185 e.